The lowest BCUT2D eigenvalue weighted by molar-refractivity contribution is 0.424. The molecule has 0 fully saturated rings. The summed E-state index contributed by atoms with van der Waals surface area (Å²) in [6, 6.07) is 9.83. The van der Waals surface area contributed by atoms with Gasteiger partial charge in [-0.3, -0.25) is 0 Å². The van der Waals surface area contributed by atoms with Gasteiger partial charge >= 0.3 is 0 Å². The molecule has 4 nitrogen and oxygen atoms in total. The van der Waals surface area contributed by atoms with Crippen LogP contribution < -0.4 is 5.73 Å². The maximum atomic E-state index is 6.20. The summed E-state index contributed by atoms with van der Waals surface area (Å²) in [6.07, 6.45) is 4.02. The molecule has 0 saturated carbocycles. The third-order valence-electron chi connectivity index (χ3n) is 3.20. The smallest absolute Gasteiger partial charge is 0.100 e. The van der Waals surface area contributed by atoms with Crippen molar-refractivity contribution in [3.05, 3.63) is 42.2 Å². The van der Waals surface area contributed by atoms with Crippen LogP contribution in [-0.4, -0.2) is 15.0 Å². The van der Waals surface area contributed by atoms with Crippen molar-refractivity contribution in [1.82, 2.24) is 15.0 Å². The molecule has 96 valence electrons. The van der Waals surface area contributed by atoms with Gasteiger partial charge in [-0.2, -0.15) is 15.0 Å². The highest BCUT2D eigenvalue weighted by atomic mass is 15.5. The van der Waals surface area contributed by atoms with Crippen LogP contribution in [0.4, 0.5) is 0 Å². The fourth-order valence-corrected chi connectivity index (χ4v) is 2.04. The summed E-state index contributed by atoms with van der Waals surface area (Å²) >= 11 is 0. The lowest BCUT2D eigenvalue weighted by atomic mass is 9.96. The van der Waals surface area contributed by atoms with Gasteiger partial charge in [0.25, 0.3) is 0 Å². The van der Waals surface area contributed by atoms with E-state index in [9.17, 15) is 0 Å². The van der Waals surface area contributed by atoms with Crippen LogP contribution >= 0.6 is 0 Å². The Balaban J connectivity index is 2.15. The zero-order valence-corrected chi connectivity index (χ0v) is 11.0. The van der Waals surface area contributed by atoms with E-state index in [-0.39, 0.29) is 6.04 Å². The first kappa shape index (κ1) is 12.8. The van der Waals surface area contributed by atoms with Gasteiger partial charge < -0.3 is 5.73 Å². The van der Waals surface area contributed by atoms with Crippen LogP contribution in [0.25, 0.3) is 5.69 Å². The first-order valence-corrected chi connectivity index (χ1v) is 6.45. The summed E-state index contributed by atoms with van der Waals surface area (Å²) < 4.78 is 0. The van der Waals surface area contributed by atoms with E-state index in [1.54, 1.807) is 11.0 Å². The van der Waals surface area contributed by atoms with Gasteiger partial charge in [0.1, 0.15) is 5.69 Å². The van der Waals surface area contributed by atoms with Crippen LogP contribution in [0.1, 0.15) is 38.4 Å². The van der Waals surface area contributed by atoms with Gasteiger partial charge in [-0.05, 0) is 24.5 Å². The molecule has 1 aromatic heterocycles. The molecule has 0 radical (unpaired) electrons. The molecular formula is C14H20N4. The average Bonchev–Trinajstić information content (AvgIpc) is 2.89. The molecule has 1 aromatic carbocycles. The Morgan fingerprint density at radius 3 is 2.67 bits per heavy atom. The summed E-state index contributed by atoms with van der Waals surface area (Å²) in [6.45, 7) is 4.33. The van der Waals surface area contributed by atoms with E-state index in [1.165, 1.54) is 0 Å². The molecule has 0 aliphatic carbocycles. The lowest BCUT2D eigenvalue weighted by Gasteiger charge is -2.16. The minimum atomic E-state index is -0.0394. The molecule has 4 heteroatoms. The molecule has 2 aromatic rings. The Morgan fingerprint density at radius 1 is 1.28 bits per heavy atom. The van der Waals surface area contributed by atoms with Gasteiger partial charge in [-0.15, -0.1) is 0 Å². The van der Waals surface area contributed by atoms with Gasteiger partial charge in [-0.25, -0.2) is 0 Å². The third-order valence-corrected chi connectivity index (χ3v) is 3.20. The minimum absolute atomic E-state index is 0.0394. The fraction of sp³-hybridized carbons (Fsp3) is 0.429. The number of nitrogens with two attached hydrogens (primary N) is 1. The lowest BCUT2D eigenvalue weighted by Crippen LogP contribution is -2.19. The van der Waals surface area contributed by atoms with Crippen LogP contribution in [0.3, 0.4) is 0 Å². The molecule has 0 bridgehead atoms. The second-order valence-electron chi connectivity index (χ2n) is 4.69. The van der Waals surface area contributed by atoms with Gasteiger partial charge in [0, 0.05) is 0 Å². The van der Waals surface area contributed by atoms with Crippen molar-refractivity contribution in [2.45, 2.75) is 32.7 Å². The highest BCUT2D eigenvalue weighted by molar-refractivity contribution is 5.28. The Morgan fingerprint density at radius 2 is 2.00 bits per heavy atom. The Labute approximate surface area is 108 Å². The average molecular weight is 244 g/mol. The van der Waals surface area contributed by atoms with E-state index in [2.05, 4.69) is 24.0 Å². The fourth-order valence-electron chi connectivity index (χ4n) is 2.04. The first-order chi connectivity index (χ1) is 8.72. The molecule has 0 spiro atoms. The predicted octanol–water partition coefficient (Wildman–Crippen LogP) is 2.70. The molecule has 1 heterocycles. The van der Waals surface area contributed by atoms with Crippen molar-refractivity contribution in [3.8, 4) is 5.69 Å². The van der Waals surface area contributed by atoms with Crippen molar-refractivity contribution in [2.75, 3.05) is 0 Å². The third kappa shape index (κ3) is 2.76. The predicted molar refractivity (Wildman–Crippen MR) is 72.4 cm³/mol. The van der Waals surface area contributed by atoms with E-state index in [1.807, 2.05) is 30.3 Å². The molecular weight excluding hydrogens is 224 g/mol. The maximum Gasteiger partial charge on any atom is 0.100 e. The molecule has 0 aliphatic rings. The number of hydrogen-bond donors (Lipinski definition) is 1. The van der Waals surface area contributed by atoms with E-state index >= 15 is 0 Å². The van der Waals surface area contributed by atoms with Crippen LogP contribution in [0.2, 0.25) is 0 Å². The number of benzene rings is 1. The normalized spacial score (nSPS) is 14.4. The first-order valence-electron chi connectivity index (χ1n) is 6.45. The number of rotatable bonds is 5. The van der Waals surface area contributed by atoms with Gasteiger partial charge in [0.15, 0.2) is 0 Å². The van der Waals surface area contributed by atoms with Gasteiger partial charge in [-0.1, -0.05) is 38.5 Å². The molecule has 0 aliphatic heterocycles. The molecule has 0 amide bonds. The summed E-state index contributed by atoms with van der Waals surface area (Å²) in [4.78, 5) is 1.63. The van der Waals surface area contributed by atoms with E-state index in [0.717, 1.165) is 24.2 Å². The monoisotopic (exact) mass is 244 g/mol. The van der Waals surface area contributed by atoms with E-state index < -0.39 is 0 Å². The highest BCUT2D eigenvalue weighted by Crippen LogP contribution is 2.21. The zero-order chi connectivity index (χ0) is 13.0. The number of hydrogen-bond acceptors (Lipinski definition) is 3. The number of nitrogens with zero attached hydrogens (tertiary/aromatic N) is 3. The van der Waals surface area contributed by atoms with Crippen molar-refractivity contribution >= 4 is 0 Å². The molecule has 2 unspecified atom stereocenters. The molecule has 2 rings (SSSR count). The summed E-state index contributed by atoms with van der Waals surface area (Å²) in [7, 11) is 0. The zero-order valence-electron chi connectivity index (χ0n) is 11.0. The summed E-state index contributed by atoms with van der Waals surface area (Å²) in [5.74, 6) is 0.427. The quantitative estimate of drug-likeness (QED) is 0.879. The van der Waals surface area contributed by atoms with Crippen molar-refractivity contribution in [3.63, 3.8) is 0 Å². The Hall–Kier alpha value is -1.68. The summed E-state index contributed by atoms with van der Waals surface area (Å²) in [5.41, 5.74) is 8.02. The van der Waals surface area contributed by atoms with Crippen LogP contribution in [-0.2, 0) is 0 Å². The topological polar surface area (TPSA) is 56.7 Å². The van der Waals surface area contributed by atoms with Crippen LogP contribution in [0, 0.1) is 5.92 Å². The molecule has 2 N–H and O–H groups in total. The molecule has 2 atom stereocenters. The second-order valence-corrected chi connectivity index (χ2v) is 4.69. The van der Waals surface area contributed by atoms with E-state index in [0.29, 0.717) is 5.92 Å². The highest BCUT2D eigenvalue weighted by Gasteiger charge is 2.17. The standard InChI is InChI=1S/C14H20N4/c1-3-7-11(2)14(15)13-10-16-18(17-13)12-8-5-4-6-9-12/h4-6,8-11,14H,3,7,15H2,1-2H3. The number of aromatic nitrogens is 3. The van der Waals surface area contributed by atoms with Gasteiger partial charge in [0.2, 0.25) is 0 Å². The van der Waals surface area contributed by atoms with Gasteiger partial charge in [0.05, 0.1) is 17.9 Å². The van der Waals surface area contributed by atoms with E-state index in [4.69, 9.17) is 5.73 Å². The second kappa shape index (κ2) is 5.78. The van der Waals surface area contributed by atoms with Crippen molar-refractivity contribution < 1.29 is 0 Å². The minimum Gasteiger partial charge on any atom is -0.322 e. The van der Waals surface area contributed by atoms with Crippen LogP contribution in [0.15, 0.2) is 36.5 Å². The molecule has 18 heavy (non-hydrogen) atoms. The largest absolute Gasteiger partial charge is 0.322 e. The molecule has 0 saturated heterocycles. The maximum absolute atomic E-state index is 6.20. The SMILES string of the molecule is CCCC(C)C(N)c1cnn(-c2ccccc2)n1. The number of para-hydroxylation sites is 1. The van der Waals surface area contributed by atoms with Crippen molar-refractivity contribution in [1.29, 1.82) is 0 Å². The van der Waals surface area contributed by atoms with Crippen LogP contribution in [0.5, 0.6) is 0 Å². The Bertz CT molecular complexity index is 478. The Kier molecular flexibility index (Phi) is 4.10. The van der Waals surface area contributed by atoms with Crippen molar-refractivity contribution in [2.24, 2.45) is 11.7 Å². The summed E-state index contributed by atoms with van der Waals surface area (Å²) in [5, 5.41) is 8.74.